The lowest BCUT2D eigenvalue weighted by atomic mass is 9.75. The fraction of sp³-hybridized carbons (Fsp3) is 0.440. The first kappa shape index (κ1) is 21.1. The molecule has 0 bridgehead atoms. The molecule has 1 fully saturated rings. The van der Waals surface area contributed by atoms with E-state index < -0.39 is 0 Å². The van der Waals surface area contributed by atoms with Crippen LogP contribution in [0.25, 0.3) is 22.4 Å². The molecule has 4 rings (SSSR count). The Morgan fingerprint density at radius 1 is 1.20 bits per heavy atom. The van der Waals surface area contributed by atoms with Crippen LogP contribution in [-0.4, -0.2) is 21.6 Å². The molecule has 0 aliphatic heterocycles. The summed E-state index contributed by atoms with van der Waals surface area (Å²) >= 11 is 3.54. The largest absolute Gasteiger partial charge is 0.461 e. The molecule has 1 aliphatic rings. The maximum absolute atomic E-state index is 13.1. The zero-order valence-electron chi connectivity index (χ0n) is 17.8. The van der Waals surface area contributed by atoms with Crippen molar-refractivity contribution in [2.75, 3.05) is 0 Å². The summed E-state index contributed by atoms with van der Waals surface area (Å²) in [5.74, 6) is 2.16. The van der Waals surface area contributed by atoms with Crippen LogP contribution in [0.4, 0.5) is 0 Å². The normalized spacial score (nSPS) is 21.8. The maximum atomic E-state index is 13.1. The van der Waals surface area contributed by atoms with Gasteiger partial charge in [-0.2, -0.15) is 0 Å². The molecule has 0 saturated heterocycles. The van der Waals surface area contributed by atoms with Crippen molar-refractivity contribution in [3.05, 3.63) is 53.0 Å². The van der Waals surface area contributed by atoms with Crippen molar-refractivity contribution >= 4 is 32.9 Å². The average Bonchev–Trinajstić information content (AvgIpc) is 3.06. The molecule has 158 valence electrons. The third kappa shape index (κ3) is 4.46. The zero-order valence-corrected chi connectivity index (χ0v) is 19.4. The first-order chi connectivity index (χ1) is 14.4. The van der Waals surface area contributed by atoms with Gasteiger partial charge >= 0.3 is 5.97 Å². The standard InChI is InChI=1S/C25H29BrN2O2/c1-16(2)20-12-11-17(3)13-23(20)30-24(29)15-28-22-10-5-4-9-21(22)27-25(28)18-7-6-8-19(26)14-18/h4-10,14,16-17,20,23H,11-13,15H2,1-3H3/t17?,20-,23+/m0/s1. The summed E-state index contributed by atoms with van der Waals surface area (Å²) in [6.07, 6.45) is 3.31. The lowest BCUT2D eigenvalue weighted by Crippen LogP contribution is -2.36. The van der Waals surface area contributed by atoms with Gasteiger partial charge in [-0.3, -0.25) is 4.79 Å². The highest BCUT2D eigenvalue weighted by Crippen LogP contribution is 2.35. The molecule has 2 aromatic carbocycles. The number of aromatic nitrogens is 2. The SMILES string of the molecule is CC1CC[C@@H](C(C)C)[C@H](OC(=O)Cn2c(-c3cccc(Br)c3)nc3ccccc32)C1. The number of carbonyl (C=O) groups excluding carboxylic acids is 1. The van der Waals surface area contributed by atoms with Crippen molar-refractivity contribution in [1.82, 2.24) is 9.55 Å². The van der Waals surface area contributed by atoms with E-state index in [2.05, 4.69) is 36.7 Å². The van der Waals surface area contributed by atoms with E-state index in [9.17, 15) is 4.79 Å². The highest BCUT2D eigenvalue weighted by atomic mass is 79.9. The van der Waals surface area contributed by atoms with E-state index in [1.807, 2.05) is 53.1 Å². The van der Waals surface area contributed by atoms with E-state index in [0.717, 1.165) is 39.7 Å². The molecule has 30 heavy (non-hydrogen) atoms. The number of rotatable bonds is 5. The summed E-state index contributed by atoms with van der Waals surface area (Å²) in [6, 6.07) is 16.0. The number of esters is 1. The van der Waals surface area contributed by atoms with Gasteiger partial charge in [-0.1, -0.05) is 67.4 Å². The smallest absolute Gasteiger partial charge is 0.326 e. The van der Waals surface area contributed by atoms with Crippen LogP contribution in [0.1, 0.15) is 40.0 Å². The molecule has 0 amide bonds. The van der Waals surface area contributed by atoms with Crippen LogP contribution in [0.5, 0.6) is 0 Å². The summed E-state index contributed by atoms with van der Waals surface area (Å²) in [7, 11) is 0. The maximum Gasteiger partial charge on any atom is 0.326 e. The predicted octanol–water partition coefficient (Wildman–Crippen LogP) is 6.47. The lowest BCUT2D eigenvalue weighted by Gasteiger charge is -2.36. The van der Waals surface area contributed by atoms with Crippen LogP contribution in [-0.2, 0) is 16.1 Å². The van der Waals surface area contributed by atoms with Gasteiger partial charge in [0.05, 0.1) is 11.0 Å². The van der Waals surface area contributed by atoms with Gasteiger partial charge in [0.2, 0.25) is 0 Å². The Kier molecular flexibility index (Phi) is 6.28. The Bertz CT molecular complexity index is 1040. The van der Waals surface area contributed by atoms with Gasteiger partial charge in [-0.25, -0.2) is 4.98 Å². The molecule has 1 unspecified atom stereocenters. The van der Waals surface area contributed by atoms with Crippen molar-refractivity contribution in [3.8, 4) is 11.4 Å². The third-order valence-electron chi connectivity index (χ3n) is 6.27. The van der Waals surface area contributed by atoms with E-state index in [0.29, 0.717) is 17.8 Å². The quantitative estimate of drug-likeness (QED) is 0.403. The number of hydrogen-bond donors (Lipinski definition) is 0. The number of carbonyl (C=O) groups is 1. The van der Waals surface area contributed by atoms with Gasteiger partial charge in [0.25, 0.3) is 0 Å². The minimum absolute atomic E-state index is 0.00496. The second-order valence-electron chi connectivity index (χ2n) is 8.88. The molecular weight excluding hydrogens is 440 g/mol. The van der Waals surface area contributed by atoms with Crippen molar-refractivity contribution in [3.63, 3.8) is 0 Å². The van der Waals surface area contributed by atoms with E-state index in [1.165, 1.54) is 6.42 Å². The molecule has 3 aromatic rings. The van der Waals surface area contributed by atoms with Crippen LogP contribution in [0, 0.1) is 17.8 Å². The van der Waals surface area contributed by atoms with Gasteiger partial charge in [-0.15, -0.1) is 0 Å². The second kappa shape index (κ2) is 8.93. The molecule has 1 heterocycles. The Labute approximate surface area is 186 Å². The minimum atomic E-state index is -0.181. The number of nitrogens with zero attached hydrogens (tertiary/aromatic N) is 2. The van der Waals surface area contributed by atoms with Crippen LogP contribution in [0.15, 0.2) is 53.0 Å². The van der Waals surface area contributed by atoms with E-state index in [-0.39, 0.29) is 18.6 Å². The lowest BCUT2D eigenvalue weighted by molar-refractivity contribution is -0.156. The molecule has 5 heteroatoms. The number of hydrogen-bond acceptors (Lipinski definition) is 3. The summed E-state index contributed by atoms with van der Waals surface area (Å²) in [5.41, 5.74) is 2.80. The Morgan fingerprint density at radius 2 is 2.00 bits per heavy atom. The van der Waals surface area contributed by atoms with Gasteiger partial charge in [0.15, 0.2) is 0 Å². The van der Waals surface area contributed by atoms with Gasteiger partial charge in [-0.05, 0) is 54.9 Å². The first-order valence-electron chi connectivity index (χ1n) is 10.8. The summed E-state index contributed by atoms with van der Waals surface area (Å²) in [4.78, 5) is 17.9. The number of para-hydroxylation sites is 2. The van der Waals surface area contributed by atoms with Gasteiger partial charge in [0, 0.05) is 10.0 Å². The molecule has 1 aliphatic carbocycles. The van der Waals surface area contributed by atoms with Crippen molar-refractivity contribution < 1.29 is 9.53 Å². The highest BCUT2D eigenvalue weighted by Gasteiger charge is 2.33. The van der Waals surface area contributed by atoms with E-state index >= 15 is 0 Å². The van der Waals surface area contributed by atoms with Crippen molar-refractivity contribution in [2.24, 2.45) is 17.8 Å². The summed E-state index contributed by atoms with van der Waals surface area (Å²) < 4.78 is 9.04. The Hall–Kier alpha value is -2.14. The molecular formula is C25H29BrN2O2. The molecule has 4 nitrogen and oxygen atoms in total. The molecule has 0 spiro atoms. The van der Waals surface area contributed by atoms with Crippen LogP contribution in [0.2, 0.25) is 0 Å². The fourth-order valence-corrected chi connectivity index (χ4v) is 5.07. The number of ether oxygens (including phenoxy) is 1. The predicted molar refractivity (Wildman–Crippen MR) is 124 cm³/mol. The number of fused-ring (bicyclic) bond motifs is 1. The minimum Gasteiger partial charge on any atom is -0.461 e. The molecule has 1 aromatic heterocycles. The van der Waals surface area contributed by atoms with Gasteiger partial charge in [0.1, 0.15) is 18.5 Å². The summed E-state index contributed by atoms with van der Waals surface area (Å²) in [6.45, 7) is 6.89. The van der Waals surface area contributed by atoms with Crippen LogP contribution < -0.4 is 0 Å². The van der Waals surface area contributed by atoms with E-state index in [4.69, 9.17) is 9.72 Å². The summed E-state index contributed by atoms with van der Waals surface area (Å²) in [5, 5.41) is 0. The number of imidazole rings is 1. The first-order valence-corrected chi connectivity index (χ1v) is 11.6. The second-order valence-corrected chi connectivity index (χ2v) is 9.79. The molecule has 0 radical (unpaired) electrons. The zero-order chi connectivity index (χ0) is 21.3. The fourth-order valence-electron chi connectivity index (χ4n) is 4.67. The van der Waals surface area contributed by atoms with E-state index in [1.54, 1.807) is 0 Å². The van der Waals surface area contributed by atoms with Crippen LogP contribution in [0.3, 0.4) is 0 Å². The topological polar surface area (TPSA) is 44.1 Å². The number of benzene rings is 2. The van der Waals surface area contributed by atoms with Crippen molar-refractivity contribution in [1.29, 1.82) is 0 Å². The Morgan fingerprint density at radius 3 is 2.77 bits per heavy atom. The molecule has 3 atom stereocenters. The molecule has 1 saturated carbocycles. The number of halogens is 1. The monoisotopic (exact) mass is 468 g/mol. The third-order valence-corrected chi connectivity index (χ3v) is 6.76. The van der Waals surface area contributed by atoms with Crippen molar-refractivity contribution in [2.45, 2.75) is 52.7 Å². The van der Waals surface area contributed by atoms with Gasteiger partial charge < -0.3 is 9.30 Å². The Balaban J connectivity index is 1.63. The molecule has 0 N–H and O–H groups in total. The average molecular weight is 469 g/mol. The van der Waals surface area contributed by atoms with Crippen LogP contribution >= 0.6 is 15.9 Å². The highest BCUT2D eigenvalue weighted by molar-refractivity contribution is 9.10.